The van der Waals surface area contributed by atoms with Crippen molar-refractivity contribution < 1.29 is 14.1 Å². The Morgan fingerprint density at radius 2 is 1.87 bits per heavy atom. The van der Waals surface area contributed by atoms with E-state index in [0.29, 0.717) is 30.6 Å². The predicted molar refractivity (Wildman–Crippen MR) is 112 cm³/mol. The van der Waals surface area contributed by atoms with Gasteiger partial charge in [-0.05, 0) is 24.3 Å². The Kier molecular flexibility index (Phi) is 5.92. The molecule has 0 unspecified atom stereocenters. The number of aromatic nitrogens is 3. The molecule has 8 nitrogen and oxygen atoms in total. The number of pyridine rings is 1. The van der Waals surface area contributed by atoms with E-state index in [2.05, 4.69) is 20.0 Å². The second-order valence-electron chi connectivity index (χ2n) is 7.49. The van der Waals surface area contributed by atoms with Crippen LogP contribution in [-0.4, -0.2) is 58.7 Å². The zero-order valence-corrected chi connectivity index (χ0v) is 17.2. The molecule has 2 aromatic heterocycles. The van der Waals surface area contributed by atoms with Crippen molar-refractivity contribution >= 4 is 11.7 Å². The fraction of sp³-hybridized carbons (Fsp3) is 0.364. The molecule has 1 fully saturated rings. The average molecular weight is 407 g/mol. The summed E-state index contributed by atoms with van der Waals surface area (Å²) in [6.45, 7) is 6.81. The summed E-state index contributed by atoms with van der Waals surface area (Å²) in [6.07, 6.45) is 1.76. The maximum atomic E-state index is 12.4. The van der Waals surface area contributed by atoms with Gasteiger partial charge in [-0.25, -0.2) is 4.98 Å². The Bertz CT molecular complexity index is 964. The summed E-state index contributed by atoms with van der Waals surface area (Å²) in [5, 5.41) is 4.02. The van der Waals surface area contributed by atoms with Crippen molar-refractivity contribution in [2.75, 3.05) is 37.7 Å². The van der Waals surface area contributed by atoms with Crippen molar-refractivity contribution in [1.82, 2.24) is 20.0 Å². The Morgan fingerprint density at radius 1 is 1.10 bits per heavy atom. The third-order valence-electron chi connectivity index (χ3n) is 5.00. The first-order valence-corrected chi connectivity index (χ1v) is 10.1. The third-order valence-corrected chi connectivity index (χ3v) is 5.00. The van der Waals surface area contributed by atoms with Crippen molar-refractivity contribution in [1.29, 1.82) is 0 Å². The van der Waals surface area contributed by atoms with E-state index in [1.54, 1.807) is 6.20 Å². The number of hydrogen-bond donors (Lipinski definition) is 0. The minimum Gasteiger partial charge on any atom is -0.484 e. The number of nitrogens with zero attached hydrogens (tertiary/aromatic N) is 5. The van der Waals surface area contributed by atoms with Crippen molar-refractivity contribution in [2.24, 2.45) is 0 Å². The molecule has 1 saturated heterocycles. The minimum absolute atomic E-state index is 0.000117. The van der Waals surface area contributed by atoms with Crippen LogP contribution in [0.4, 0.5) is 5.82 Å². The van der Waals surface area contributed by atoms with Crippen LogP contribution < -0.4 is 9.64 Å². The highest BCUT2D eigenvalue weighted by molar-refractivity contribution is 5.78. The van der Waals surface area contributed by atoms with Gasteiger partial charge in [-0.15, -0.1) is 0 Å². The standard InChI is InChI=1S/C22H25N5O3/c1-16(2)22-24-21(25-30-22)17-8-9-19(23-14-17)26-10-12-27(13-11-26)20(28)15-29-18-6-4-3-5-7-18/h3-9,14,16H,10-13,15H2,1-2H3. The van der Waals surface area contributed by atoms with E-state index in [-0.39, 0.29) is 18.4 Å². The van der Waals surface area contributed by atoms with E-state index in [1.165, 1.54) is 0 Å². The first-order chi connectivity index (χ1) is 14.6. The molecule has 1 amide bonds. The molecule has 0 radical (unpaired) electrons. The average Bonchev–Trinajstić information content (AvgIpc) is 3.29. The number of anilines is 1. The fourth-order valence-electron chi connectivity index (χ4n) is 3.23. The Hall–Kier alpha value is -3.42. The number of benzene rings is 1. The summed E-state index contributed by atoms with van der Waals surface area (Å²) in [6, 6.07) is 13.3. The SMILES string of the molecule is CC(C)c1nc(-c2ccc(N3CCN(C(=O)COc4ccccc4)CC3)nc2)no1. The molecule has 1 aliphatic heterocycles. The molecule has 156 valence electrons. The highest BCUT2D eigenvalue weighted by Gasteiger charge is 2.22. The van der Waals surface area contributed by atoms with Crippen molar-refractivity contribution in [2.45, 2.75) is 19.8 Å². The number of ether oxygens (including phenoxy) is 1. The molecule has 1 aromatic carbocycles. The second kappa shape index (κ2) is 8.94. The molecule has 0 saturated carbocycles. The van der Waals surface area contributed by atoms with Crippen LogP contribution in [0.25, 0.3) is 11.4 Å². The van der Waals surface area contributed by atoms with Gasteiger partial charge >= 0.3 is 0 Å². The molecule has 30 heavy (non-hydrogen) atoms. The van der Waals surface area contributed by atoms with Gasteiger partial charge in [0.25, 0.3) is 5.91 Å². The summed E-state index contributed by atoms with van der Waals surface area (Å²) in [4.78, 5) is 25.4. The largest absolute Gasteiger partial charge is 0.484 e. The lowest BCUT2D eigenvalue weighted by Crippen LogP contribution is -2.50. The second-order valence-corrected chi connectivity index (χ2v) is 7.49. The van der Waals surface area contributed by atoms with Crippen LogP contribution in [-0.2, 0) is 4.79 Å². The van der Waals surface area contributed by atoms with Gasteiger partial charge in [0.2, 0.25) is 11.7 Å². The van der Waals surface area contributed by atoms with E-state index < -0.39 is 0 Å². The summed E-state index contributed by atoms with van der Waals surface area (Å²) < 4.78 is 10.8. The van der Waals surface area contributed by atoms with E-state index in [9.17, 15) is 4.79 Å². The van der Waals surface area contributed by atoms with Gasteiger partial charge in [0.1, 0.15) is 11.6 Å². The molecule has 1 aliphatic rings. The zero-order chi connectivity index (χ0) is 20.9. The van der Waals surface area contributed by atoms with Gasteiger partial charge in [0.05, 0.1) is 0 Å². The smallest absolute Gasteiger partial charge is 0.260 e. The van der Waals surface area contributed by atoms with E-state index in [1.807, 2.05) is 61.2 Å². The Balaban J connectivity index is 1.29. The van der Waals surface area contributed by atoms with Crippen LogP contribution in [0.5, 0.6) is 5.75 Å². The summed E-state index contributed by atoms with van der Waals surface area (Å²) in [5.41, 5.74) is 0.821. The maximum absolute atomic E-state index is 12.4. The predicted octanol–water partition coefficient (Wildman–Crippen LogP) is 2.98. The van der Waals surface area contributed by atoms with Gasteiger partial charge in [-0.1, -0.05) is 37.2 Å². The summed E-state index contributed by atoms with van der Waals surface area (Å²) >= 11 is 0. The zero-order valence-electron chi connectivity index (χ0n) is 17.2. The normalized spacial score (nSPS) is 14.2. The van der Waals surface area contributed by atoms with Gasteiger partial charge in [0, 0.05) is 43.9 Å². The molecule has 3 aromatic rings. The quantitative estimate of drug-likeness (QED) is 0.621. The minimum atomic E-state index is -0.000117. The Labute approximate surface area is 175 Å². The van der Waals surface area contributed by atoms with Gasteiger partial charge in [-0.2, -0.15) is 4.98 Å². The van der Waals surface area contributed by atoms with Crippen molar-refractivity contribution in [3.63, 3.8) is 0 Å². The van der Waals surface area contributed by atoms with Gasteiger partial charge in [0.15, 0.2) is 6.61 Å². The number of para-hydroxylation sites is 1. The van der Waals surface area contributed by atoms with E-state index in [0.717, 1.165) is 24.5 Å². The highest BCUT2D eigenvalue weighted by atomic mass is 16.5. The molecule has 0 bridgehead atoms. The Morgan fingerprint density at radius 3 is 2.50 bits per heavy atom. The molecular weight excluding hydrogens is 382 g/mol. The van der Waals surface area contributed by atoms with E-state index in [4.69, 9.17) is 9.26 Å². The molecule has 8 heteroatoms. The van der Waals surface area contributed by atoms with Crippen molar-refractivity contribution in [3.05, 3.63) is 54.6 Å². The first-order valence-electron chi connectivity index (χ1n) is 10.1. The topological polar surface area (TPSA) is 84.6 Å². The van der Waals surface area contributed by atoms with Crippen LogP contribution in [0, 0.1) is 0 Å². The summed E-state index contributed by atoms with van der Waals surface area (Å²) in [7, 11) is 0. The number of carbonyl (C=O) groups excluding carboxylic acids is 1. The van der Waals surface area contributed by atoms with E-state index >= 15 is 0 Å². The number of amides is 1. The number of hydrogen-bond acceptors (Lipinski definition) is 7. The van der Waals surface area contributed by atoms with Crippen LogP contribution in [0.2, 0.25) is 0 Å². The lowest BCUT2D eigenvalue weighted by atomic mass is 10.2. The molecule has 4 rings (SSSR count). The number of carbonyl (C=O) groups is 1. The number of piperazine rings is 1. The summed E-state index contributed by atoms with van der Waals surface area (Å²) in [5.74, 6) is 2.93. The lowest BCUT2D eigenvalue weighted by Gasteiger charge is -2.35. The molecule has 3 heterocycles. The first kappa shape index (κ1) is 19.9. The van der Waals surface area contributed by atoms with Crippen LogP contribution in [0.15, 0.2) is 53.2 Å². The van der Waals surface area contributed by atoms with Crippen LogP contribution in [0.3, 0.4) is 0 Å². The molecule has 0 aliphatic carbocycles. The lowest BCUT2D eigenvalue weighted by molar-refractivity contribution is -0.133. The molecule has 0 atom stereocenters. The molecular formula is C22H25N5O3. The van der Waals surface area contributed by atoms with Crippen LogP contribution in [0.1, 0.15) is 25.7 Å². The maximum Gasteiger partial charge on any atom is 0.260 e. The monoisotopic (exact) mass is 407 g/mol. The van der Waals surface area contributed by atoms with Gasteiger partial charge in [-0.3, -0.25) is 4.79 Å². The number of rotatable bonds is 6. The highest BCUT2D eigenvalue weighted by Crippen LogP contribution is 2.21. The van der Waals surface area contributed by atoms with Crippen LogP contribution >= 0.6 is 0 Å². The van der Waals surface area contributed by atoms with Crippen molar-refractivity contribution in [3.8, 4) is 17.1 Å². The van der Waals surface area contributed by atoms with Gasteiger partial charge < -0.3 is 19.1 Å². The molecule has 0 N–H and O–H groups in total. The molecule has 0 spiro atoms. The third kappa shape index (κ3) is 4.59. The fourth-order valence-corrected chi connectivity index (χ4v) is 3.23.